The van der Waals surface area contributed by atoms with Gasteiger partial charge < -0.3 is 0 Å². The van der Waals surface area contributed by atoms with E-state index in [4.69, 9.17) is 0 Å². The standard InChI is InChI=1S/C16H15N3O2/c1-13(10-14-6-3-2-4-7-14)12-17-18-15-8-5-9-16(11-15)19(20)21/h2-12,18H,1H3. The second kappa shape index (κ2) is 7.00. The number of non-ortho nitro benzene ring substituents is 1. The number of hydrogen-bond donors (Lipinski definition) is 1. The van der Waals surface area contributed by atoms with Gasteiger partial charge in [0.25, 0.3) is 5.69 Å². The van der Waals surface area contributed by atoms with Crippen LogP contribution in [0.4, 0.5) is 11.4 Å². The molecule has 1 N–H and O–H groups in total. The Morgan fingerprint density at radius 3 is 2.67 bits per heavy atom. The number of allylic oxidation sites excluding steroid dienone is 1. The molecular weight excluding hydrogens is 266 g/mol. The van der Waals surface area contributed by atoms with E-state index in [1.165, 1.54) is 12.1 Å². The maximum atomic E-state index is 10.7. The molecule has 106 valence electrons. The minimum atomic E-state index is -0.435. The molecule has 0 aliphatic rings. The third-order valence-corrected chi connectivity index (χ3v) is 2.71. The summed E-state index contributed by atoms with van der Waals surface area (Å²) in [7, 11) is 0. The molecule has 0 spiro atoms. The lowest BCUT2D eigenvalue weighted by atomic mass is 10.1. The van der Waals surface area contributed by atoms with E-state index in [1.54, 1.807) is 18.3 Å². The minimum Gasteiger partial charge on any atom is -0.278 e. The Labute approximate surface area is 122 Å². The number of nitro groups is 1. The van der Waals surface area contributed by atoms with Crippen LogP contribution in [0, 0.1) is 10.1 Å². The Bertz CT molecular complexity index is 679. The fourth-order valence-electron chi connectivity index (χ4n) is 1.75. The van der Waals surface area contributed by atoms with E-state index in [9.17, 15) is 10.1 Å². The summed E-state index contributed by atoms with van der Waals surface area (Å²) in [6.45, 7) is 1.94. The van der Waals surface area contributed by atoms with Crippen molar-refractivity contribution in [3.63, 3.8) is 0 Å². The van der Waals surface area contributed by atoms with Gasteiger partial charge in [-0.25, -0.2) is 0 Å². The molecule has 0 saturated heterocycles. The van der Waals surface area contributed by atoms with Crippen molar-refractivity contribution in [1.82, 2.24) is 0 Å². The highest BCUT2D eigenvalue weighted by molar-refractivity contribution is 5.85. The summed E-state index contributed by atoms with van der Waals surface area (Å²) in [5.74, 6) is 0. The molecule has 0 bridgehead atoms. The number of benzene rings is 2. The van der Waals surface area contributed by atoms with Crippen LogP contribution in [0.5, 0.6) is 0 Å². The third-order valence-electron chi connectivity index (χ3n) is 2.71. The molecule has 0 unspecified atom stereocenters. The van der Waals surface area contributed by atoms with Crippen LogP contribution in [0.3, 0.4) is 0 Å². The maximum absolute atomic E-state index is 10.7. The summed E-state index contributed by atoms with van der Waals surface area (Å²) in [4.78, 5) is 10.2. The van der Waals surface area contributed by atoms with E-state index in [-0.39, 0.29) is 5.69 Å². The smallest absolute Gasteiger partial charge is 0.271 e. The Hall–Kier alpha value is -2.95. The largest absolute Gasteiger partial charge is 0.278 e. The minimum absolute atomic E-state index is 0.0340. The SMILES string of the molecule is CC(C=NNc1cccc([N+](=O)[O-])c1)=Cc1ccccc1. The number of hydrazone groups is 1. The molecule has 2 aromatic rings. The van der Waals surface area contributed by atoms with Crippen molar-refractivity contribution in [2.75, 3.05) is 5.43 Å². The van der Waals surface area contributed by atoms with Gasteiger partial charge >= 0.3 is 0 Å². The Morgan fingerprint density at radius 1 is 1.19 bits per heavy atom. The van der Waals surface area contributed by atoms with Gasteiger partial charge in [0, 0.05) is 12.1 Å². The molecule has 0 aromatic heterocycles. The molecule has 5 heteroatoms. The number of nitro benzene ring substituents is 1. The predicted octanol–water partition coefficient (Wildman–Crippen LogP) is 4.10. The van der Waals surface area contributed by atoms with E-state index in [0.29, 0.717) is 5.69 Å². The van der Waals surface area contributed by atoms with Crippen LogP contribution < -0.4 is 5.43 Å². The van der Waals surface area contributed by atoms with E-state index < -0.39 is 4.92 Å². The summed E-state index contributed by atoms with van der Waals surface area (Å²) >= 11 is 0. The van der Waals surface area contributed by atoms with Crippen LogP contribution in [-0.2, 0) is 0 Å². The lowest BCUT2D eigenvalue weighted by molar-refractivity contribution is -0.384. The fourth-order valence-corrected chi connectivity index (χ4v) is 1.75. The van der Waals surface area contributed by atoms with Crippen molar-refractivity contribution in [1.29, 1.82) is 0 Å². The van der Waals surface area contributed by atoms with E-state index in [1.807, 2.05) is 43.3 Å². The quantitative estimate of drug-likeness (QED) is 0.509. The van der Waals surface area contributed by atoms with E-state index in [2.05, 4.69) is 10.5 Å². The molecular formula is C16H15N3O2. The van der Waals surface area contributed by atoms with Crippen molar-refractivity contribution >= 4 is 23.7 Å². The van der Waals surface area contributed by atoms with Crippen LogP contribution in [0.2, 0.25) is 0 Å². The molecule has 5 nitrogen and oxygen atoms in total. The zero-order valence-electron chi connectivity index (χ0n) is 11.6. The van der Waals surface area contributed by atoms with Gasteiger partial charge in [-0.3, -0.25) is 15.5 Å². The normalized spacial score (nSPS) is 11.6. The van der Waals surface area contributed by atoms with Gasteiger partial charge in [-0.05, 0) is 24.1 Å². The summed E-state index contributed by atoms with van der Waals surface area (Å²) in [5, 5.41) is 14.7. The van der Waals surface area contributed by atoms with Gasteiger partial charge in [-0.2, -0.15) is 5.10 Å². The molecule has 0 aliphatic heterocycles. The Kier molecular flexibility index (Phi) is 4.82. The van der Waals surface area contributed by atoms with Crippen LogP contribution in [0.25, 0.3) is 6.08 Å². The number of hydrogen-bond acceptors (Lipinski definition) is 4. The second-order valence-electron chi connectivity index (χ2n) is 4.48. The topological polar surface area (TPSA) is 67.5 Å². The fraction of sp³-hybridized carbons (Fsp3) is 0.0625. The first-order chi connectivity index (χ1) is 10.1. The maximum Gasteiger partial charge on any atom is 0.271 e. The summed E-state index contributed by atoms with van der Waals surface area (Å²) in [6, 6.07) is 16.1. The lowest BCUT2D eigenvalue weighted by Gasteiger charge is -2.00. The molecule has 2 rings (SSSR count). The number of nitrogens with one attached hydrogen (secondary N) is 1. The van der Waals surface area contributed by atoms with Crippen molar-refractivity contribution < 1.29 is 4.92 Å². The average molecular weight is 281 g/mol. The third kappa shape index (κ3) is 4.58. The van der Waals surface area contributed by atoms with Gasteiger partial charge in [-0.15, -0.1) is 0 Å². The van der Waals surface area contributed by atoms with E-state index >= 15 is 0 Å². The predicted molar refractivity (Wildman–Crippen MR) is 85.3 cm³/mol. The molecule has 0 amide bonds. The molecule has 0 heterocycles. The van der Waals surface area contributed by atoms with Crippen LogP contribution in [-0.4, -0.2) is 11.1 Å². The Balaban J connectivity index is 2.00. The summed E-state index contributed by atoms with van der Waals surface area (Å²) in [5.41, 5.74) is 5.46. The van der Waals surface area contributed by atoms with Gasteiger partial charge in [0.2, 0.25) is 0 Å². The lowest BCUT2D eigenvalue weighted by Crippen LogP contribution is -1.92. The van der Waals surface area contributed by atoms with Gasteiger partial charge in [0.1, 0.15) is 0 Å². The van der Waals surface area contributed by atoms with Crippen molar-refractivity contribution in [2.45, 2.75) is 6.92 Å². The molecule has 0 saturated carbocycles. The molecule has 0 atom stereocenters. The first-order valence-electron chi connectivity index (χ1n) is 6.42. The second-order valence-corrected chi connectivity index (χ2v) is 4.48. The first-order valence-corrected chi connectivity index (χ1v) is 6.42. The van der Waals surface area contributed by atoms with Crippen LogP contribution in [0.1, 0.15) is 12.5 Å². The van der Waals surface area contributed by atoms with Crippen molar-refractivity contribution in [3.8, 4) is 0 Å². The average Bonchev–Trinajstić information content (AvgIpc) is 2.48. The Morgan fingerprint density at radius 2 is 1.95 bits per heavy atom. The highest BCUT2D eigenvalue weighted by Gasteiger charge is 2.04. The monoisotopic (exact) mass is 281 g/mol. The van der Waals surface area contributed by atoms with Crippen LogP contribution >= 0.6 is 0 Å². The molecule has 21 heavy (non-hydrogen) atoms. The van der Waals surface area contributed by atoms with Crippen molar-refractivity contribution in [2.24, 2.45) is 5.10 Å². The first kappa shape index (κ1) is 14.5. The number of nitrogens with zero attached hydrogens (tertiary/aromatic N) is 2. The van der Waals surface area contributed by atoms with Gasteiger partial charge in [0.15, 0.2) is 0 Å². The van der Waals surface area contributed by atoms with Crippen molar-refractivity contribution in [3.05, 3.63) is 75.8 Å². The summed E-state index contributed by atoms with van der Waals surface area (Å²) < 4.78 is 0. The highest BCUT2D eigenvalue weighted by Crippen LogP contribution is 2.16. The highest BCUT2D eigenvalue weighted by atomic mass is 16.6. The van der Waals surface area contributed by atoms with E-state index in [0.717, 1.165) is 11.1 Å². The summed E-state index contributed by atoms with van der Waals surface area (Å²) in [6.07, 6.45) is 3.67. The molecule has 2 aromatic carbocycles. The van der Waals surface area contributed by atoms with Gasteiger partial charge in [-0.1, -0.05) is 42.5 Å². The number of rotatable bonds is 5. The zero-order valence-corrected chi connectivity index (χ0v) is 11.6. The molecule has 0 radical (unpaired) electrons. The van der Waals surface area contributed by atoms with Gasteiger partial charge in [0.05, 0.1) is 16.8 Å². The molecule has 0 fully saturated rings. The zero-order chi connectivity index (χ0) is 15.1. The molecule has 0 aliphatic carbocycles. The number of anilines is 1. The van der Waals surface area contributed by atoms with Crippen LogP contribution in [0.15, 0.2) is 65.3 Å².